The second-order valence-corrected chi connectivity index (χ2v) is 7.31. The lowest BCUT2D eigenvalue weighted by Gasteiger charge is -2.27. The topological polar surface area (TPSA) is 48.1 Å². The number of carbonyl (C=O) groups excluding carboxylic acids is 1. The lowest BCUT2D eigenvalue weighted by atomic mass is 10.0. The van der Waals surface area contributed by atoms with Crippen molar-refractivity contribution in [1.82, 2.24) is 15.2 Å². The molecule has 29 heavy (non-hydrogen) atoms. The minimum Gasteiger partial charge on any atom is -0.357 e. The van der Waals surface area contributed by atoms with Crippen LogP contribution in [0.2, 0.25) is 0 Å². The summed E-state index contributed by atoms with van der Waals surface area (Å²) in [4.78, 5) is 17.8. The van der Waals surface area contributed by atoms with Crippen molar-refractivity contribution in [3.63, 3.8) is 0 Å². The van der Waals surface area contributed by atoms with Crippen molar-refractivity contribution in [2.45, 2.75) is 32.1 Å². The molecule has 4 nitrogen and oxygen atoms in total. The van der Waals surface area contributed by atoms with Gasteiger partial charge in [0, 0.05) is 42.7 Å². The maximum atomic E-state index is 12.6. The molecule has 4 rings (SSSR count). The Labute approximate surface area is 166 Å². The van der Waals surface area contributed by atoms with Gasteiger partial charge in [0.15, 0.2) is 0 Å². The van der Waals surface area contributed by atoms with Crippen molar-refractivity contribution in [2.75, 3.05) is 13.1 Å². The number of rotatable bonds is 5. The smallest absolute Gasteiger partial charge is 0.357 e. The largest absolute Gasteiger partial charge is 0.416 e. The van der Waals surface area contributed by atoms with E-state index in [-0.39, 0.29) is 5.91 Å². The van der Waals surface area contributed by atoms with Crippen molar-refractivity contribution in [1.29, 1.82) is 0 Å². The second-order valence-electron chi connectivity index (χ2n) is 7.31. The van der Waals surface area contributed by atoms with Crippen molar-refractivity contribution in [3.05, 3.63) is 70.9 Å². The number of para-hydroxylation sites is 1. The summed E-state index contributed by atoms with van der Waals surface area (Å²) in [6.07, 6.45) is -3.13. The number of hydrogen-bond acceptors (Lipinski definition) is 2. The van der Waals surface area contributed by atoms with Crippen molar-refractivity contribution in [2.24, 2.45) is 0 Å². The van der Waals surface area contributed by atoms with Crippen LogP contribution in [0.3, 0.4) is 0 Å². The van der Waals surface area contributed by atoms with E-state index in [1.807, 2.05) is 23.1 Å². The first kappa shape index (κ1) is 19.5. The number of halogens is 3. The summed E-state index contributed by atoms with van der Waals surface area (Å²) < 4.78 is 37.8. The molecule has 1 aromatic heterocycles. The maximum absolute atomic E-state index is 12.6. The van der Waals surface area contributed by atoms with Crippen LogP contribution >= 0.6 is 0 Å². The summed E-state index contributed by atoms with van der Waals surface area (Å²) in [6.45, 7) is 2.20. The Bertz CT molecular complexity index is 1010. The fraction of sp³-hybridized carbons (Fsp3) is 0.318. The van der Waals surface area contributed by atoms with Crippen molar-refractivity contribution >= 4 is 16.8 Å². The van der Waals surface area contributed by atoms with Crippen molar-refractivity contribution in [3.8, 4) is 0 Å². The van der Waals surface area contributed by atoms with E-state index in [9.17, 15) is 18.0 Å². The minimum absolute atomic E-state index is 0.0780. The Kier molecular flexibility index (Phi) is 5.32. The lowest BCUT2D eigenvalue weighted by Crippen LogP contribution is -2.37. The van der Waals surface area contributed by atoms with Gasteiger partial charge in [-0.2, -0.15) is 13.2 Å². The molecule has 1 amide bonds. The molecule has 1 aliphatic rings. The molecule has 0 saturated heterocycles. The van der Waals surface area contributed by atoms with E-state index < -0.39 is 11.7 Å². The molecule has 0 bridgehead atoms. The SMILES string of the molecule is O=C(CCNCc1ccc(C(F)(F)F)cc1)N1CCc2c([nH]c3ccccc23)C1. The zero-order chi connectivity index (χ0) is 20.4. The zero-order valence-corrected chi connectivity index (χ0v) is 15.9. The quantitative estimate of drug-likeness (QED) is 0.628. The molecular weight excluding hydrogens is 379 g/mol. The summed E-state index contributed by atoms with van der Waals surface area (Å²) in [5.74, 6) is 0.0780. The first-order chi connectivity index (χ1) is 13.9. The molecular formula is C22H22F3N3O. The Morgan fingerprint density at radius 1 is 1.10 bits per heavy atom. The van der Waals surface area contributed by atoms with E-state index in [0.29, 0.717) is 32.6 Å². The van der Waals surface area contributed by atoms with E-state index in [4.69, 9.17) is 0 Å². The summed E-state index contributed by atoms with van der Waals surface area (Å²) in [7, 11) is 0. The van der Waals surface area contributed by atoms with Crippen LogP contribution in [0.1, 0.15) is 28.8 Å². The van der Waals surface area contributed by atoms with Crippen molar-refractivity contribution < 1.29 is 18.0 Å². The average molecular weight is 401 g/mol. The van der Waals surface area contributed by atoms with Crippen LogP contribution in [0.5, 0.6) is 0 Å². The molecule has 152 valence electrons. The highest BCUT2D eigenvalue weighted by atomic mass is 19.4. The summed E-state index contributed by atoms with van der Waals surface area (Å²) in [5.41, 5.74) is 3.60. The predicted molar refractivity (Wildman–Crippen MR) is 105 cm³/mol. The van der Waals surface area contributed by atoms with Gasteiger partial charge in [0.05, 0.1) is 12.1 Å². The highest BCUT2D eigenvalue weighted by molar-refractivity contribution is 5.85. The summed E-state index contributed by atoms with van der Waals surface area (Å²) in [5, 5.41) is 4.36. The predicted octanol–water partition coefficient (Wildman–Crippen LogP) is 4.25. The Balaban J connectivity index is 1.26. The minimum atomic E-state index is -4.32. The summed E-state index contributed by atoms with van der Waals surface area (Å²) in [6, 6.07) is 13.2. The first-order valence-electron chi connectivity index (χ1n) is 9.65. The number of amides is 1. The number of alkyl halides is 3. The van der Waals surface area contributed by atoms with Gasteiger partial charge in [-0.15, -0.1) is 0 Å². The number of aromatic amines is 1. The number of carbonyl (C=O) groups is 1. The number of aromatic nitrogens is 1. The maximum Gasteiger partial charge on any atom is 0.416 e. The van der Waals surface area contributed by atoms with Crippen LogP contribution in [0.15, 0.2) is 48.5 Å². The van der Waals surface area contributed by atoms with E-state index in [1.54, 1.807) is 0 Å². The molecule has 0 atom stereocenters. The normalized spacial score (nSPS) is 14.2. The number of nitrogens with one attached hydrogen (secondary N) is 2. The fourth-order valence-corrected chi connectivity index (χ4v) is 3.80. The van der Waals surface area contributed by atoms with E-state index >= 15 is 0 Å². The van der Waals surface area contributed by atoms with Crippen LogP contribution in [0.4, 0.5) is 13.2 Å². The number of nitrogens with zero attached hydrogens (tertiary/aromatic N) is 1. The molecule has 2 heterocycles. The molecule has 1 aliphatic heterocycles. The first-order valence-corrected chi connectivity index (χ1v) is 9.65. The Morgan fingerprint density at radius 2 is 1.86 bits per heavy atom. The van der Waals surface area contributed by atoms with Crippen LogP contribution < -0.4 is 5.32 Å². The third-order valence-electron chi connectivity index (χ3n) is 5.36. The lowest BCUT2D eigenvalue weighted by molar-refractivity contribution is -0.137. The van der Waals surface area contributed by atoms with Crippen LogP contribution in [0.25, 0.3) is 10.9 Å². The molecule has 0 radical (unpaired) electrons. The van der Waals surface area contributed by atoms with Crippen LogP contribution in [0, 0.1) is 0 Å². The molecule has 2 aromatic carbocycles. The van der Waals surface area contributed by atoms with Gasteiger partial charge in [-0.05, 0) is 35.7 Å². The number of hydrogen-bond donors (Lipinski definition) is 2. The molecule has 0 unspecified atom stereocenters. The fourth-order valence-electron chi connectivity index (χ4n) is 3.80. The molecule has 0 spiro atoms. The van der Waals surface area contributed by atoms with Gasteiger partial charge in [-0.25, -0.2) is 0 Å². The van der Waals surface area contributed by atoms with E-state index in [1.165, 1.54) is 23.1 Å². The van der Waals surface area contributed by atoms with Crippen LogP contribution in [-0.4, -0.2) is 28.9 Å². The highest BCUT2D eigenvalue weighted by Crippen LogP contribution is 2.29. The molecule has 0 saturated carbocycles. The van der Waals surface area contributed by atoms with Crippen LogP contribution in [-0.2, 0) is 30.5 Å². The molecule has 7 heteroatoms. The van der Waals surface area contributed by atoms with Gasteiger partial charge in [-0.1, -0.05) is 30.3 Å². The van der Waals surface area contributed by atoms with Gasteiger partial charge in [0.2, 0.25) is 5.91 Å². The van der Waals surface area contributed by atoms with Gasteiger partial charge >= 0.3 is 6.18 Å². The van der Waals surface area contributed by atoms with Gasteiger partial charge in [0.1, 0.15) is 0 Å². The van der Waals surface area contributed by atoms with E-state index in [0.717, 1.165) is 35.3 Å². The Hall–Kier alpha value is -2.80. The molecule has 0 fully saturated rings. The highest BCUT2D eigenvalue weighted by Gasteiger charge is 2.29. The van der Waals surface area contributed by atoms with Gasteiger partial charge < -0.3 is 15.2 Å². The third kappa shape index (κ3) is 4.29. The molecule has 3 aromatic rings. The number of H-pyrrole nitrogens is 1. The summed E-state index contributed by atoms with van der Waals surface area (Å²) >= 11 is 0. The molecule has 2 N–H and O–H groups in total. The average Bonchev–Trinajstić information content (AvgIpc) is 3.08. The standard InChI is InChI=1S/C22H22F3N3O/c23-22(24,25)16-7-5-15(6-8-16)13-26-11-9-21(29)28-12-10-18-17-3-1-2-4-19(17)27-20(18)14-28/h1-8,26-27H,9-14H2. The second kappa shape index (κ2) is 7.91. The third-order valence-corrected chi connectivity index (χ3v) is 5.36. The van der Waals surface area contributed by atoms with E-state index in [2.05, 4.69) is 16.4 Å². The van der Waals surface area contributed by atoms with Gasteiger partial charge in [-0.3, -0.25) is 4.79 Å². The zero-order valence-electron chi connectivity index (χ0n) is 15.9. The monoisotopic (exact) mass is 401 g/mol. The Morgan fingerprint density at radius 3 is 2.62 bits per heavy atom. The molecule has 0 aliphatic carbocycles. The number of fused-ring (bicyclic) bond motifs is 3. The number of benzene rings is 2. The van der Waals surface area contributed by atoms with Gasteiger partial charge in [0.25, 0.3) is 0 Å².